The van der Waals surface area contributed by atoms with E-state index in [-0.39, 0.29) is 30.7 Å². The molecule has 1 heterocycles. The molecule has 0 spiro atoms. The van der Waals surface area contributed by atoms with Crippen molar-refractivity contribution in [1.82, 2.24) is 10.2 Å². The molecule has 0 aliphatic carbocycles. The van der Waals surface area contributed by atoms with Crippen LogP contribution in [-0.2, 0) is 20.7 Å². The molecule has 1 aromatic rings. The number of hydrogen-bond acceptors (Lipinski definition) is 5. The smallest absolute Gasteiger partial charge is 0.238 e. The first-order chi connectivity index (χ1) is 11.3. The molecule has 144 valence electrons. The molecule has 1 saturated heterocycles. The molecular formula is C17H29Cl2N3O3. The van der Waals surface area contributed by atoms with E-state index in [1.807, 2.05) is 12.1 Å². The largest absolute Gasteiger partial charge is 0.383 e. The van der Waals surface area contributed by atoms with Gasteiger partial charge in [-0.15, -0.1) is 24.8 Å². The zero-order valence-corrected chi connectivity index (χ0v) is 16.3. The molecule has 8 heteroatoms. The fourth-order valence-electron chi connectivity index (χ4n) is 2.45. The SMILES string of the molecule is COCCNCC(=O)Nc1ccc(CCN2CCOCC2)cc1.Cl.Cl. The summed E-state index contributed by atoms with van der Waals surface area (Å²) in [5.41, 5.74) is 2.12. The fourth-order valence-corrected chi connectivity index (χ4v) is 2.45. The first-order valence-corrected chi connectivity index (χ1v) is 8.16. The van der Waals surface area contributed by atoms with Crippen LogP contribution in [0, 0.1) is 0 Å². The van der Waals surface area contributed by atoms with Crippen LogP contribution in [0.4, 0.5) is 5.69 Å². The number of carbonyl (C=O) groups is 1. The zero-order chi connectivity index (χ0) is 16.3. The van der Waals surface area contributed by atoms with Crippen molar-refractivity contribution in [3.63, 3.8) is 0 Å². The van der Waals surface area contributed by atoms with E-state index in [9.17, 15) is 4.79 Å². The highest BCUT2D eigenvalue weighted by Gasteiger charge is 2.09. The molecule has 0 unspecified atom stereocenters. The van der Waals surface area contributed by atoms with Crippen molar-refractivity contribution >= 4 is 36.4 Å². The van der Waals surface area contributed by atoms with E-state index < -0.39 is 0 Å². The average Bonchev–Trinajstić information content (AvgIpc) is 2.59. The van der Waals surface area contributed by atoms with E-state index in [2.05, 4.69) is 27.7 Å². The number of amides is 1. The van der Waals surface area contributed by atoms with E-state index in [1.165, 1.54) is 5.56 Å². The van der Waals surface area contributed by atoms with E-state index in [0.29, 0.717) is 19.7 Å². The van der Waals surface area contributed by atoms with Crippen molar-refractivity contribution in [2.24, 2.45) is 0 Å². The van der Waals surface area contributed by atoms with Crippen LogP contribution in [0.1, 0.15) is 5.56 Å². The number of nitrogens with one attached hydrogen (secondary N) is 2. The number of carbonyl (C=O) groups excluding carboxylic acids is 1. The number of rotatable bonds is 9. The van der Waals surface area contributed by atoms with Crippen molar-refractivity contribution in [2.45, 2.75) is 6.42 Å². The van der Waals surface area contributed by atoms with Gasteiger partial charge in [0.25, 0.3) is 0 Å². The molecule has 1 amide bonds. The third kappa shape index (κ3) is 9.99. The van der Waals surface area contributed by atoms with Crippen molar-refractivity contribution < 1.29 is 14.3 Å². The lowest BCUT2D eigenvalue weighted by molar-refractivity contribution is -0.115. The maximum Gasteiger partial charge on any atom is 0.238 e. The van der Waals surface area contributed by atoms with Crippen LogP contribution in [-0.4, -0.2) is 70.5 Å². The van der Waals surface area contributed by atoms with Crippen molar-refractivity contribution in [3.8, 4) is 0 Å². The molecule has 1 fully saturated rings. The predicted octanol–water partition coefficient (Wildman–Crippen LogP) is 1.58. The Balaban J connectivity index is 0.00000288. The van der Waals surface area contributed by atoms with Crippen LogP contribution < -0.4 is 10.6 Å². The molecule has 0 radical (unpaired) electrons. The summed E-state index contributed by atoms with van der Waals surface area (Å²) in [5.74, 6) is -0.0397. The fraction of sp³-hybridized carbons (Fsp3) is 0.588. The number of halogens is 2. The van der Waals surface area contributed by atoms with Crippen molar-refractivity contribution in [1.29, 1.82) is 0 Å². The van der Waals surface area contributed by atoms with Crippen LogP contribution in [0.3, 0.4) is 0 Å². The van der Waals surface area contributed by atoms with Crippen molar-refractivity contribution in [2.75, 3.05) is 65.0 Å². The Hall–Kier alpha value is -0.890. The maximum atomic E-state index is 11.8. The minimum atomic E-state index is -0.0397. The predicted molar refractivity (Wildman–Crippen MR) is 105 cm³/mol. The van der Waals surface area contributed by atoms with Gasteiger partial charge in [0.15, 0.2) is 0 Å². The lowest BCUT2D eigenvalue weighted by Crippen LogP contribution is -2.37. The molecule has 0 saturated carbocycles. The number of benzene rings is 1. The Labute approximate surface area is 162 Å². The zero-order valence-electron chi connectivity index (χ0n) is 14.7. The molecule has 1 aliphatic rings. The van der Waals surface area contributed by atoms with Crippen LogP contribution in [0.15, 0.2) is 24.3 Å². The summed E-state index contributed by atoms with van der Waals surface area (Å²) >= 11 is 0. The van der Waals surface area contributed by atoms with Gasteiger partial charge in [0.1, 0.15) is 0 Å². The van der Waals surface area contributed by atoms with Gasteiger partial charge in [-0.05, 0) is 24.1 Å². The summed E-state index contributed by atoms with van der Waals surface area (Å²) in [7, 11) is 1.64. The molecule has 2 N–H and O–H groups in total. The highest BCUT2D eigenvalue weighted by Crippen LogP contribution is 2.11. The molecular weight excluding hydrogens is 365 g/mol. The third-order valence-electron chi connectivity index (χ3n) is 3.83. The summed E-state index contributed by atoms with van der Waals surface area (Å²) in [6.45, 7) is 6.33. The molecule has 0 aromatic heterocycles. The summed E-state index contributed by atoms with van der Waals surface area (Å²) < 4.78 is 10.3. The summed E-state index contributed by atoms with van der Waals surface area (Å²) in [5, 5.41) is 5.90. The normalized spacial score (nSPS) is 14.3. The second-order valence-corrected chi connectivity index (χ2v) is 5.62. The minimum Gasteiger partial charge on any atom is -0.383 e. The summed E-state index contributed by atoms with van der Waals surface area (Å²) in [6, 6.07) is 8.08. The Morgan fingerprint density at radius 3 is 2.52 bits per heavy atom. The highest BCUT2D eigenvalue weighted by molar-refractivity contribution is 5.92. The minimum absolute atomic E-state index is 0. The molecule has 2 rings (SSSR count). The second kappa shape index (κ2) is 14.3. The van der Waals surface area contributed by atoms with Gasteiger partial charge in [-0.3, -0.25) is 9.69 Å². The van der Waals surface area contributed by atoms with E-state index in [0.717, 1.165) is 45.0 Å². The van der Waals surface area contributed by atoms with Crippen LogP contribution in [0.5, 0.6) is 0 Å². The van der Waals surface area contributed by atoms with Crippen LogP contribution in [0.25, 0.3) is 0 Å². The highest BCUT2D eigenvalue weighted by atomic mass is 35.5. The Morgan fingerprint density at radius 2 is 1.88 bits per heavy atom. The topological polar surface area (TPSA) is 62.8 Å². The average molecular weight is 394 g/mol. The number of ether oxygens (including phenoxy) is 2. The standard InChI is InChI=1S/C17H27N3O3.2ClH/c1-22-11-7-18-14-17(21)19-16-4-2-15(3-5-16)6-8-20-9-12-23-13-10-20;;/h2-5,18H,6-14H2,1H3,(H,19,21);2*1H. The Morgan fingerprint density at radius 1 is 1.20 bits per heavy atom. The maximum absolute atomic E-state index is 11.8. The lowest BCUT2D eigenvalue weighted by atomic mass is 10.1. The molecule has 1 aliphatic heterocycles. The molecule has 0 bridgehead atoms. The van der Waals surface area contributed by atoms with Gasteiger partial charge < -0.3 is 20.1 Å². The second-order valence-electron chi connectivity index (χ2n) is 5.62. The molecule has 1 aromatic carbocycles. The van der Waals surface area contributed by atoms with E-state index in [1.54, 1.807) is 7.11 Å². The number of morpholine rings is 1. The van der Waals surface area contributed by atoms with Gasteiger partial charge in [0, 0.05) is 39.0 Å². The third-order valence-corrected chi connectivity index (χ3v) is 3.83. The van der Waals surface area contributed by atoms with Gasteiger partial charge in [-0.25, -0.2) is 0 Å². The number of nitrogens with zero attached hydrogens (tertiary/aromatic N) is 1. The molecule has 0 atom stereocenters. The Bertz CT molecular complexity index is 469. The van der Waals surface area contributed by atoms with E-state index >= 15 is 0 Å². The van der Waals surface area contributed by atoms with E-state index in [4.69, 9.17) is 9.47 Å². The monoisotopic (exact) mass is 393 g/mol. The van der Waals surface area contributed by atoms with Gasteiger partial charge >= 0.3 is 0 Å². The number of hydrogen-bond donors (Lipinski definition) is 2. The van der Waals surface area contributed by atoms with Gasteiger partial charge in [-0.2, -0.15) is 0 Å². The first-order valence-electron chi connectivity index (χ1n) is 8.16. The van der Waals surface area contributed by atoms with Gasteiger partial charge in [0.2, 0.25) is 5.91 Å². The van der Waals surface area contributed by atoms with Gasteiger partial charge in [-0.1, -0.05) is 12.1 Å². The first kappa shape index (κ1) is 24.1. The lowest BCUT2D eigenvalue weighted by Gasteiger charge is -2.26. The number of methoxy groups -OCH3 is 1. The van der Waals surface area contributed by atoms with Gasteiger partial charge in [0.05, 0.1) is 26.4 Å². The molecule has 6 nitrogen and oxygen atoms in total. The van der Waals surface area contributed by atoms with Crippen LogP contribution >= 0.6 is 24.8 Å². The van der Waals surface area contributed by atoms with Crippen LogP contribution in [0.2, 0.25) is 0 Å². The molecule has 25 heavy (non-hydrogen) atoms. The quantitative estimate of drug-likeness (QED) is 0.623. The summed E-state index contributed by atoms with van der Waals surface area (Å²) in [6.07, 6.45) is 1.02. The van der Waals surface area contributed by atoms with Crippen molar-refractivity contribution in [3.05, 3.63) is 29.8 Å². The number of anilines is 1. The summed E-state index contributed by atoms with van der Waals surface area (Å²) in [4.78, 5) is 14.2. The Kier molecular flexibility index (Phi) is 13.8.